The zero-order valence-corrected chi connectivity index (χ0v) is 24.4. The smallest absolute Gasteiger partial charge is 0.305 e. The topological polar surface area (TPSA) is 94.6 Å². The molecule has 0 radical (unpaired) electrons. The van der Waals surface area contributed by atoms with E-state index in [4.69, 9.17) is 0 Å². The number of piperazine rings is 1. The van der Waals surface area contributed by atoms with Crippen molar-refractivity contribution in [2.45, 2.75) is 58.8 Å². The number of ether oxygens (including phenoxy) is 1. The van der Waals surface area contributed by atoms with Crippen molar-refractivity contribution in [1.82, 2.24) is 25.0 Å². The summed E-state index contributed by atoms with van der Waals surface area (Å²) >= 11 is 0. The number of aromatic hydroxyl groups is 1. The molecule has 8 nitrogen and oxygen atoms in total. The van der Waals surface area contributed by atoms with Crippen LogP contribution < -0.4 is 0 Å². The first kappa shape index (κ1) is 30.0. The first-order valence-electron chi connectivity index (χ1n) is 14.3. The van der Waals surface area contributed by atoms with E-state index in [1.807, 2.05) is 12.1 Å². The van der Waals surface area contributed by atoms with E-state index in [9.17, 15) is 9.90 Å². The third-order valence-corrected chi connectivity index (χ3v) is 7.42. The molecule has 4 aromatic rings. The van der Waals surface area contributed by atoms with Crippen LogP contribution in [0, 0.1) is 0 Å². The number of hydrogen-bond donors (Lipinski definition) is 2. The van der Waals surface area contributed by atoms with Crippen LogP contribution in [0.25, 0.3) is 11.4 Å². The average Bonchev–Trinajstić information content (AvgIpc) is 3.52. The molecule has 1 saturated heterocycles. The quantitative estimate of drug-likeness (QED) is 0.265. The molecular weight excluding hydrogens is 514 g/mol. The van der Waals surface area contributed by atoms with Crippen molar-refractivity contribution in [3.05, 3.63) is 102 Å². The van der Waals surface area contributed by atoms with Crippen LogP contribution >= 0.6 is 0 Å². The lowest BCUT2D eigenvalue weighted by molar-refractivity contribution is -0.142. The minimum absolute atomic E-state index is 0.0483. The van der Waals surface area contributed by atoms with Gasteiger partial charge in [0.05, 0.1) is 12.6 Å². The first-order chi connectivity index (χ1) is 19.9. The number of benzene rings is 3. The van der Waals surface area contributed by atoms with Gasteiger partial charge in [0.15, 0.2) is 5.82 Å². The molecule has 5 rings (SSSR count). The summed E-state index contributed by atoms with van der Waals surface area (Å²) in [6, 6.07) is 27.7. The van der Waals surface area contributed by atoms with Gasteiger partial charge in [-0.15, -0.1) is 0 Å². The summed E-state index contributed by atoms with van der Waals surface area (Å²) in [5.41, 5.74) is 4.65. The molecule has 3 aromatic carbocycles. The molecule has 216 valence electrons. The zero-order valence-electron chi connectivity index (χ0n) is 24.4. The van der Waals surface area contributed by atoms with Gasteiger partial charge >= 0.3 is 5.97 Å². The number of aromatic amines is 1. The van der Waals surface area contributed by atoms with Crippen LogP contribution in [0.3, 0.4) is 0 Å². The monoisotopic (exact) mass is 555 g/mol. The van der Waals surface area contributed by atoms with E-state index in [1.54, 1.807) is 19.9 Å². The lowest BCUT2D eigenvalue weighted by atomic mass is 9.92. The summed E-state index contributed by atoms with van der Waals surface area (Å²) in [5.74, 6) is 0.934. The van der Waals surface area contributed by atoms with Crippen molar-refractivity contribution in [3.8, 4) is 17.1 Å². The molecule has 2 heterocycles. The minimum Gasteiger partial charge on any atom is -0.508 e. The van der Waals surface area contributed by atoms with Gasteiger partial charge in [0.25, 0.3) is 0 Å². The number of phenolic OH excluding ortho intramolecular Hbond substituents is 1. The maximum Gasteiger partial charge on any atom is 0.305 e. The predicted octanol–water partition coefficient (Wildman–Crippen LogP) is 5.82. The third-order valence-electron chi connectivity index (χ3n) is 7.42. The Hall–Kier alpha value is -4.01. The van der Waals surface area contributed by atoms with Gasteiger partial charge in [0.2, 0.25) is 0 Å². The number of hydrogen-bond acceptors (Lipinski definition) is 7. The van der Waals surface area contributed by atoms with Crippen LogP contribution in [0.1, 0.15) is 56.8 Å². The number of carbonyl (C=O) groups excluding carboxylic acids is 1. The summed E-state index contributed by atoms with van der Waals surface area (Å²) in [6.45, 7) is 11.6. The summed E-state index contributed by atoms with van der Waals surface area (Å²) in [6.07, 6.45) is 2.00. The second-order valence-electron chi connectivity index (χ2n) is 10.4. The second kappa shape index (κ2) is 14.6. The van der Waals surface area contributed by atoms with E-state index >= 15 is 0 Å². The van der Waals surface area contributed by atoms with Crippen molar-refractivity contribution < 1.29 is 14.6 Å². The van der Waals surface area contributed by atoms with E-state index in [0.29, 0.717) is 30.9 Å². The fraction of sp³-hybridized carbons (Fsp3) is 0.364. The molecule has 0 amide bonds. The van der Waals surface area contributed by atoms with Gasteiger partial charge in [0, 0.05) is 43.7 Å². The average molecular weight is 556 g/mol. The van der Waals surface area contributed by atoms with E-state index in [1.165, 1.54) is 17.5 Å². The van der Waals surface area contributed by atoms with Gasteiger partial charge < -0.3 is 9.84 Å². The molecule has 2 N–H and O–H groups in total. The number of phenols is 1. The van der Waals surface area contributed by atoms with Crippen LogP contribution in [0.5, 0.6) is 5.75 Å². The number of H-pyrrole nitrogens is 1. The highest BCUT2D eigenvalue weighted by Gasteiger charge is 2.35. The van der Waals surface area contributed by atoms with E-state index in [0.717, 1.165) is 36.6 Å². The molecule has 0 saturated carbocycles. The summed E-state index contributed by atoms with van der Waals surface area (Å²) in [7, 11) is 0. The Morgan fingerprint density at radius 1 is 0.976 bits per heavy atom. The van der Waals surface area contributed by atoms with Gasteiger partial charge in [-0.05, 0) is 49.6 Å². The maximum absolute atomic E-state index is 10.3. The normalized spacial score (nSPS) is 18.2. The van der Waals surface area contributed by atoms with Gasteiger partial charge in [-0.1, -0.05) is 73.7 Å². The third kappa shape index (κ3) is 8.02. The van der Waals surface area contributed by atoms with Gasteiger partial charge in [-0.3, -0.25) is 19.7 Å². The van der Waals surface area contributed by atoms with Crippen molar-refractivity contribution in [3.63, 3.8) is 0 Å². The Morgan fingerprint density at radius 2 is 1.73 bits per heavy atom. The van der Waals surface area contributed by atoms with Crippen molar-refractivity contribution >= 4 is 5.97 Å². The second-order valence-corrected chi connectivity index (χ2v) is 10.4. The summed E-state index contributed by atoms with van der Waals surface area (Å²) < 4.78 is 4.55. The molecule has 0 bridgehead atoms. The Balaban J connectivity index is 0.000000493. The molecule has 0 spiro atoms. The number of nitrogens with zero attached hydrogens (tertiary/aromatic N) is 4. The Kier molecular flexibility index (Phi) is 10.6. The molecule has 8 heteroatoms. The van der Waals surface area contributed by atoms with Crippen LogP contribution in [-0.4, -0.2) is 67.8 Å². The van der Waals surface area contributed by atoms with E-state index < -0.39 is 0 Å². The molecule has 0 aliphatic carbocycles. The number of esters is 1. The molecular formula is C33H41N5O3. The van der Waals surface area contributed by atoms with Crippen molar-refractivity contribution in [2.75, 3.05) is 19.7 Å². The standard InChI is InChI=1S/C28H31N5O.C5H10O2/c1-20-17-33(21(2)16-32(20)18-22-7-4-3-5-8-22)27(25-9-6-10-26(34)15-25)23-11-13-24(14-12-23)28-29-19-30-31-28;1-3-5(6)7-4-2/h3-15,19-21,27,34H,16-18H2,1-2H3,(H,29,30,31);3-4H2,1-2H3/t20-,21+,27-;/m1./s1. The number of carbonyl (C=O) groups is 1. The predicted molar refractivity (Wildman–Crippen MR) is 161 cm³/mol. The maximum atomic E-state index is 10.3. The van der Waals surface area contributed by atoms with E-state index in [-0.39, 0.29) is 12.0 Å². The molecule has 1 fully saturated rings. The fourth-order valence-electron chi connectivity index (χ4n) is 5.32. The van der Waals surface area contributed by atoms with Crippen molar-refractivity contribution in [1.29, 1.82) is 0 Å². The fourth-order valence-corrected chi connectivity index (χ4v) is 5.32. The van der Waals surface area contributed by atoms with E-state index in [2.05, 4.69) is 104 Å². The highest BCUT2D eigenvalue weighted by Crippen LogP contribution is 2.35. The van der Waals surface area contributed by atoms with Gasteiger partial charge in [-0.2, -0.15) is 5.10 Å². The zero-order chi connectivity index (χ0) is 29.2. The lowest BCUT2D eigenvalue weighted by Gasteiger charge is -2.47. The van der Waals surface area contributed by atoms with Crippen LogP contribution in [-0.2, 0) is 16.1 Å². The van der Waals surface area contributed by atoms with Gasteiger partial charge in [0.1, 0.15) is 12.1 Å². The molecule has 41 heavy (non-hydrogen) atoms. The highest BCUT2D eigenvalue weighted by molar-refractivity contribution is 5.68. The van der Waals surface area contributed by atoms with Gasteiger partial charge in [-0.25, -0.2) is 4.98 Å². The Morgan fingerprint density at radius 3 is 2.34 bits per heavy atom. The van der Waals surface area contributed by atoms with Crippen molar-refractivity contribution in [2.24, 2.45) is 0 Å². The van der Waals surface area contributed by atoms with Crippen LogP contribution in [0.4, 0.5) is 0 Å². The number of nitrogens with one attached hydrogen (secondary N) is 1. The molecule has 3 atom stereocenters. The summed E-state index contributed by atoms with van der Waals surface area (Å²) in [4.78, 5) is 19.6. The molecule has 1 aliphatic heterocycles. The largest absolute Gasteiger partial charge is 0.508 e. The molecule has 1 aliphatic rings. The SMILES string of the molecule is CCOC(=O)CC.C[C@@H]1CN([C@H](c2ccc(-c3ncn[nH]3)cc2)c2cccc(O)c2)[C@@H](C)CN1Cc1ccccc1. The molecule has 1 aromatic heterocycles. The number of aromatic nitrogens is 3. The number of rotatable bonds is 8. The molecule has 0 unspecified atom stereocenters. The summed E-state index contributed by atoms with van der Waals surface area (Å²) in [5, 5.41) is 17.2. The highest BCUT2D eigenvalue weighted by atomic mass is 16.5. The first-order valence-corrected chi connectivity index (χ1v) is 14.3. The lowest BCUT2D eigenvalue weighted by Crippen LogP contribution is -2.56. The Labute approximate surface area is 243 Å². The minimum atomic E-state index is -0.123. The Bertz CT molecular complexity index is 1350. The van der Waals surface area contributed by atoms with Crippen LogP contribution in [0.2, 0.25) is 0 Å². The van der Waals surface area contributed by atoms with Crippen LogP contribution in [0.15, 0.2) is 85.2 Å².